The van der Waals surface area contributed by atoms with Crippen molar-refractivity contribution >= 4 is 0 Å². The lowest BCUT2D eigenvalue weighted by Gasteiger charge is -2.33. The van der Waals surface area contributed by atoms with Crippen molar-refractivity contribution in [3.8, 4) is 5.75 Å². The second-order valence-corrected chi connectivity index (χ2v) is 4.31. The zero-order valence-electron chi connectivity index (χ0n) is 8.92. The molecule has 0 spiro atoms. The maximum atomic E-state index is 12.6. The van der Waals surface area contributed by atoms with E-state index in [0.717, 1.165) is 18.9 Å². The van der Waals surface area contributed by atoms with Crippen molar-refractivity contribution in [2.75, 3.05) is 0 Å². The molecular weight excluding hydrogens is 217 g/mol. The maximum absolute atomic E-state index is 12.6. The number of rotatable bonds is 2. The lowest BCUT2D eigenvalue weighted by atomic mass is 9.84. The van der Waals surface area contributed by atoms with Crippen molar-refractivity contribution in [3.63, 3.8) is 0 Å². The summed E-state index contributed by atoms with van der Waals surface area (Å²) in [7, 11) is 0. The van der Waals surface area contributed by atoms with Gasteiger partial charge in [0.05, 0.1) is 11.7 Å². The fraction of sp³-hybridized carbons (Fsp3) is 0.500. The number of alkyl halides is 3. The van der Waals surface area contributed by atoms with Crippen molar-refractivity contribution in [3.05, 3.63) is 29.8 Å². The minimum atomic E-state index is -4.34. The smallest absolute Gasteiger partial charge is 0.419 e. The van der Waals surface area contributed by atoms with Gasteiger partial charge in [-0.3, -0.25) is 0 Å². The first-order valence-corrected chi connectivity index (χ1v) is 5.29. The van der Waals surface area contributed by atoms with Crippen LogP contribution in [0, 0.1) is 5.92 Å². The Hall–Kier alpha value is -1.19. The van der Waals surface area contributed by atoms with E-state index in [-0.39, 0.29) is 11.9 Å². The molecule has 0 radical (unpaired) electrons. The summed E-state index contributed by atoms with van der Waals surface area (Å²) in [6, 6.07) is 5.37. The van der Waals surface area contributed by atoms with Gasteiger partial charge in [0, 0.05) is 0 Å². The van der Waals surface area contributed by atoms with Gasteiger partial charge in [-0.1, -0.05) is 19.1 Å². The molecule has 1 fully saturated rings. The number of ether oxygens (including phenoxy) is 1. The molecule has 4 heteroatoms. The number of hydrogen-bond donors (Lipinski definition) is 0. The Morgan fingerprint density at radius 1 is 1.19 bits per heavy atom. The molecule has 1 saturated carbocycles. The molecule has 1 aromatic carbocycles. The van der Waals surface area contributed by atoms with Crippen LogP contribution in [0.5, 0.6) is 5.75 Å². The van der Waals surface area contributed by atoms with Crippen LogP contribution in [-0.2, 0) is 6.18 Å². The highest BCUT2D eigenvalue weighted by Crippen LogP contribution is 2.38. The van der Waals surface area contributed by atoms with E-state index in [1.807, 2.05) is 0 Å². The van der Waals surface area contributed by atoms with Crippen LogP contribution in [0.4, 0.5) is 13.2 Å². The fourth-order valence-corrected chi connectivity index (χ4v) is 1.91. The zero-order valence-corrected chi connectivity index (χ0v) is 8.92. The van der Waals surface area contributed by atoms with E-state index in [1.165, 1.54) is 12.1 Å². The largest absolute Gasteiger partial charge is 0.490 e. The van der Waals surface area contributed by atoms with Crippen LogP contribution in [0.1, 0.15) is 25.3 Å². The first kappa shape index (κ1) is 11.3. The van der Waals surface area contributed by atoms with Crippen LogP contribution < -0.4 is 4.74 Å². The van der Waals surface area contributed by atoms with Crippen molar-refractivity contribution in [1.82, 2.24) is 0 Å². The second kappa shape index (κ2) is 4.00. The van der Waals surface area contributed by atoms with Crippen molar-refractivity contribution < 1.29 is 17.9 Å². The monoisotopic (exact) mass is 230 g/mol. The molecule has 0 aromatic heterocycles. The minimum absolute atomic E-state index is 0.0492. The Morgan fingerprint density at radius 2 is 1.81 bits per heavy atom. The van der Waals surface area contributed by atoms with Crippen molar-refractivity contribution in [2.24, 2.45) is 5.92 Å². The molecule has 0 bridgehead atoms. The molecule has 1 aliphatic rings. The van der Waals surface area contributed by atoms with Gasteiger partial charge in [-0.25, -0.2) is 0 Å². The van der Waals surface area contributed by atoms with E-state index in [2.05, 4.69) is 6.92 Å². The number of hydrogen-bond acceptors (Lipinski definition) is 1. The lowest BCUT2D eigenvalue weighted by Crippen LogP contribution is -2.32. The van der Waals surface area contributed by atoms with E-state index in [9.17, 15) is 13.2 Å². The van der Waals surface area contributed by atoms with E-state index in [0.29, 0.717) is 5.92 Å². The Morgan fingerprint density at radius 3 is 2.38 bits per heavy atom. The van der Waals surface area contributed by atoms with Crippen LogP contribution >= 0.6 is 0 Å². The SMILES string of the molecule is C[C@H]1C[C@H](Oc2ccccc2C(F)(F)F)C1. The van der Waals surface area contributed by atoms with E-state index in [4.69, 9.17) is 4.74 Å². The zero-order chi connectivity index (χ0) is 11.8. The summed E-state index contributed by atoms with van der Waals surface area (Å²) in [5.74, 6) is 0.509. The van der Waals surface area contributed by atoms with Gasteiger partial charge >= 0.3 is 6.18 Å². The highest BCUT2D eigenvalue weighted by atomic mass is 19.4. The average Bonchev–Trinajstić information content (AvgIpc) is 2.14. The van der Waals surface area contributed by atoms with E-state index >= 15 is 0 Å². The second-order valence-electron chi connectivity index (χ2n) is 4.31. The Kier molecular flexibility index (Phi) is 2.82. The molecule has 0 saturated heterocycles. The maximum Gasteiger partial charge on any atom is 0.419 e. The highest BCUT2D eigenvalue weighted by molar-refractivity contribution is 5.35. The van der Waals surface area contributed by atoms with Crippen LogP contribution in [0.25, 0.3) is 0 Å². The van der Waals surface area contributed by atoms with Crippen LogP contribution in [-0.4, -0.2) is 6.10 Å². The number of halogens is 3. The molecule has 0 N–H and O–H groups in total. The third-order valence-corrected chi connectivity index (χ3v) is 2.82. The van der Waals surface area contributed by atoms with Crippen molar-refractivity contribution in [1.29, 1.82) is 0 Å². The van der Waals surface area contributed by atoms with Gasteiger partial charge in [0.25, 0.3) is 0 Å². The first-order valence-electron chi connectivity index (χ1n) is 5.29. The summed E-state index contributed by atoms with van der Waals surface area (Å²) in [4.78, 5) is 0. The van der Waals surface area contributed by atoms with Gasteiger partial charge in [-0.15, -0.1) is 0 Å². The Labute approximate surface area is 92.2 Å². The third-order valence-electron chi connectivity index (χ3n) is 2.82. The topological polar surface area (TPSA) is 9.23 Å². The highest BCUT2D eigenvalue weighted by Gasteiger charge is 2.36. The quantitative estimate of drug-likeness (QED) is 0.749. The first-order chi connectivity index (χ1) is 7.47. The van der Waals surface area contributed by atoms with Crippen LogP contribution in [0.15, 0.2) is 24.3 Å². The molecule has 88 valence electrons. The average molecular weight is 230 g/mol. The third kappa shape index (κ3) is 2.31. The Balaban J connectivity index is 2.14. The summed E-state index contributed by atoms with van der Waals surface area (Å²) in [6.45, 7) is 2.07. The van der Waals surface area contributed by atoms with Gasteiger partial charge in [-0.2, -0.15) is 13.2 Å². The molecule has 0 aliphatic heterocycles. The number of benzene rings is 1. The van der Waals surface area contributed by atoms with Gasteiger partial charge in [0.2, 0.25) is 0 Å². The molecule has 0 atom stereocenters. The normalized spacial score (nSPS) is 25.0. The number of para-hydroxylation sites is 1. The summed E-state index contributed by atoms with van der Waals surface area (Å²) in [6.07, 6.45) is -2.72. The van der Waals surface area contributed by atoms with Gasteiger partial charge in [-0.05, 0) is 30.9 Å². The van der Waals surface area contributed by atoms with Crippen LogP contribution in [0.3, 0.4) is 0 Å². The molecule has 0 heterocycles. The summed E-state index contributed by atoms with van der Waals surface area (Å²) in [5.41, 5.74) is -0.686. The summed E-state index contributed by atoms with van der Waals surface area (Å²) in [5, 5.41) is 0. The van der Waals surface area contributed by atoms with Gasteiger partial charge in [0.15, 0.2) is 0 Å². The van der Waals surface area contributed by atoms with Crippen molar-refractivity contribution in [2.45, 2.75) is 32.0 Å². The predicted octanol–water partition coefficient (Wildman–Crippen LogP) is 3.88. The van der Waals surface area contributed by atoms with E-state index < -0.39 is 11.7 Å². The lowest BCUT2D eigenvalue weighted by molar-refractivity contribution is -0.139. The Bertz CT molecular complexity index is 367. The molecule has 1 aromatic rings. The fourth-order valence-electron chi connectivity index (χ4n) is 1.91. The molecule has 1 nitrogen and oxygen atoms in total. The molecule has 1 aliphatic carbocycles. The van der Waals surface area contributed by atoms with Gasteiger partial charge < -0.3 is 4.74 Å². The standard InChI is InChI=1S/C12H13F3O/c1-8-6-9(7-8)16-11-5-3-2-4-10(11)12(13,14)15/h2-5,8-9H,6-7H2,1H3/t8-,9-. The molecule has 2 rings (SSSR count). The van der Waals surface area contributed by atoms with Crippen LogP contribution in [0.2, 0.25) is 0 Å². The summed E-state index contributed by atoms with van der Waals surface area (Å²) < 4.78 is 43.2. The van der Waals surface area contributed by atoms with Gasteiger partial charge in [0.1, 0.15) is 5.75 Å². The molecule has 0 amide bonds. The molecular formula is C12H13F3O. The minimum Gasteiger partial charge on any atom is -0.490 e. The van der Waals surface area contributed by atoms with E-state index in [1.54, 1.807) is 6.07 Å². The predicted molar refractivity (Wildman–Crippen MR) is 54.3 cm³/mol. The molecule has 0 unspecified atom stereocenters. The summed E-state index contributed by atoms with van der Waals surface area (Å²) >= 11 is 0. The molecule has 16 heavy (non-hydrogen) atoms.